The second-order valence-corrected chi connectivity index (χ2v) is 7.38. The summed E-state index contributed by atoms with van der Waals surface area (Å²) in [5, 5.41) is 2.94. The highest BCUT2D eigenvalue weighted by Gasteiger charge is 2.11. The maximum absolute atomic E-state index is 12.5. The summed E-state index contributed by atoms with van der Waals surface area (Å²) in [6.07, 6.45) is 0. The van der Waals surface area contributed by atoms with Gasteiger partial charge in [0.25, 0.3) is 5.91 Å². The number of carbonyl (C=O) groups is 1. The highest BCUT2D eigenvalue weighted by Crippen LogP contribution is 2.27. The fourth-order valence-corrected chi connectivity index (χ4v) is 3.06. The predicted molar refractivity (Wildman–Crippen MR) is 112 cm³/mol. The van der Waals surface area contributed by atoms with Gasteiger partial charge in [0, 0.05) is 30.0 Å². The molecule has 0 unspecified atom stereocenters. The van der Waals surface area contributed by atoms with Crippen molar-refractivity contribution >= 4 is 33.2 Å². The van der Waals surface area contributed by atoms with Crippen LogP contribution in [0.15, 0.2) is 46.9 Å². The quantitative estimate of drug-likeness (QED) is 0.607. The topological polar surface area (TPSA) is 41.6 Å². The molecule has 26 heavy (non-hydrogen) atoms. The zero-order valence-corrected chi connectivity index (χ0v) is 17.5. The molecule has 0 aliphatic carbocycles. The number of benzene rings is 2. The number of anilines is 2. The molecule has 0 saturated heterocycles. The number of amides is 1. The summed E-state index contributed by atoms with van der Waals surface area (Å²) in [5.74, 6) is 1.06. The van der Waals surface area contributed by atoms with Crippen molar-refractivity contribution in [3.05, 3.63) is 52.5 Å². The molecular weight excluding hydrogens is 392 g/mol. The zero-order valence-electron chi connectivity index (χ0n) is 15.9. The van der Waals surface area contributed by atoms with E-state index in [-0.39, 0.29) is 5.91 Å². The predicted octanol–water partition coefficient (Wildman–Crippen LogP) is 5.58. The number of rotatable bonds is 8. The van der Waals surface area contributed by atoms with E-state index in [4.69, 9.17) is 4.74 Å². The van der Waals surface area contributed by atoms with E-state index in [0.29, 0.717) is 18.1 Å². The van der Waals surface area contributed by atoms with Crippen molar-refractivity contribution < 1.29 is 9.53 Å². The third kappa shape index (κ3) is 5.49. The number of hydrogen-bond donors (Lipinski definition) is 1. The largest absolute Gasteiger partial charge is 0.492 e. The fourth-order valence-electron chi connectivity index (χ4n) is 2.56. The Hall–Kier alpha value is -2.01. The Morgan fingerprint density at radius 2 is 1.77 bits per heavy atom. The number of hydrogen-bond acceptors (Lipinski definition) is 3. The number of halogens is 1. The third-order valence-corrected chi connectivity index (χ3v) is 4.64. The van der Waals surface area contributed by atoms with Crippen molar-refractivity contribution in [2.24, 2.45) is 5.92 Å². The zero-order chi connectivity index (χ0) is 19.1. The van der Waals surface area contributed by atoms with Crippen molar-refractivity contribution in [2.75, 3.05) is 29.9 Å². The maximum atomic E-state index is 12.5. The van der Waals surface area contributed by atoms with E-state index in [1.807, 2.05) is 30.3 Å². The minimum absolute atomic E-state index is 0.142. The first kappa shape index (κ1) is 20.3. The minimum atomic E-state index is -0.142. The fraction of sp³-hybridized carbons (Fsp3) is 0.381. The van der Waals surface area contributed by atoms with Crippen LogP contribution in [-0.2, 0) is 0 Å². The molecule has 2 rings (SSSR count). The monoisotopic (exact) mass is 418 g/mol. The van der Waals surface area contributed by atoms with E-state index < -0.39 is 0 Å². The van der Waals surface area contributed by atoms with Crippen molar-refractivity contribution in [3.63, 3.8) is 0 Å². The third-order valence-electron chi connectivity index (χ3n) is 4.02. The van der Waals surface area contributed by atoms with E-state index in [1.54, 1.807) is 12.1 Å². The molecule has 0 aliphatic rings. The van der Waals surface area contributed by atoms with Crippen LogP contribution in [0.1, 0.15) is 38.1 Å². The van der Waals surface area contributed by atoms with Crippen LogP contribution in [0.2, 0.25) is 0 Å². The summed E-state index contributed by atoms with van der Waals surface area (Å²) >= 11 is 3.48. The van der Waals surface area contributed by atoms with E-state index in [0.717, 1.165) is 34.7 Å². The average molecular weight is 419 g/mol. The Balaban J connectivity index is 2.04. The number of nitrogens with zero attached hydrogens (tertiary/aromatic N) is 1. The highest BCUT2D eigenvalue weighted by atomic mass is 79.9. The van der Waals surface area contributed by atoms with E-state index in [1.165, 1.54) is 0 Å². The molecular formula is C21H27BrN2O2. The molecule has 0 atom stereocenters. The molecule has 2 aromatic rings. The summed E-state index contributed by atoms with van der Waals surface area (Å²) in [6.45, 7) is 11.0. The number of carbonyl (C=O) groups excluding carboxylic acids is 1. The standard InChI is InChI=1S/C21H27BrN2O2/c1-5-24(6-2)18-10-8-17(9-11-18)23-21(25)16-7-12-20(19(22)13-16)26-14-15(3)4/h7-13,15H,5-6,14H2,1-4H3,(H,23,25). The lowest BCUT2D eigenvalue weighted by Gasteiger charge is -2.21. The van der Waals surface area contributed by atoms with E-state index in [9.17, 15) is 4.79 Å². The van der Waals surface area contributed by atoms with Crippen molar-refractivity contribution in [2.45, 2.75) is 27.7 Å². The van der Waals surface area contributed by atoms with Gasteiger partial charge in [0.05, 0.1) is 11.1 Å². The smallest absolute Gasteiger partial charge is 0.255 e. The SMILES string of the molecule is CCN(CC)c1ccc(NC(=O)c2ccc(OCC(C)C)c(Br)c2)cc1. The molecule has 4 nitrogen and oxygen atoms in total. The van der Waals surface area contributed by atoms with Gasteiger partial charge in [-0.25, -0.2) is 0 Å². The molecule has 0 heterocycles. The first-order valence-corrected chi connectivity index (χ1v) is 9.82. The second-order valence-electron chi connectivity index (χ2n) is 6.52. The Morgan fingerprint density at radius 1 is 1.12 bits per heavy atom. The van der Waals surface area contributed by atoms with Crippen LogP contribution < -0.4 is 15.0 Å². The van der Waals surface area contributed by atoms with Gasteiger partial charge in [-0.15, -0.1) is 0 Å². The average Bonchev–Trinajstić information content (AvgIpc) is 2.63. The highest BCUT2D eigenvalue weighted by molar-refractivity contribution is 9.10. The molecule has 0 aromatic heterocycles. The summed E-state index contributed by atoms with van der Waals surface area (Å²) in [5.41, 5.74) is 2.52. The summed E-state index contributed by atoms with van der Waals surface area (Å²) in [6, 6.07) is 13.3. The molecule has 0 bridgehead atoms. The van der Waals surface area contributed by atoms with E-state index in [2.05, 4.69) is 53.8 Å². The molecule has 0 aliphatic heterocycles. The van der Waals surface area contributed by atoms with Gasteiger partial charge in [-0.3, -0.25) is 4.79 Å². The maximum Gasteiger partial charge on any atom is 0.255 e. The van der Waals surface area contributed by atoms with Gasteiger partial charge in [0.15, 0.2) is 0 Å². The molecule has 1 N–H and O–H groups in total. The molecule has 1 amide bonds. The molecule has 140 valence electrons. The summed E-state index contributed by atoms with van der Waals surface area (Å²) < 4.78 is 6.51. The normalized spacial score (nSPS) is 10.7. The van der Waals surface area contributed by atoms with Crippen LogP contribution in [0.3, 0.4) is 0 Å². The molecule has 2 aromatic carbocycles. The lowest BCUT2D eigenvalue weighted by Crippen LogP contribution is -2.21. The van der Waals surface area contributed by atoms with Crippen molar-refractivity contribution in [3.8, 4) is 5.75 Å². The first-order chi connectivity index (χ1) is 12.4. The lowest BCUT2D eigenvalue weighted by atomic mass is 10.2. The Labute approximate surface area is 164 Å². The first-order valence-electron chi connectivity index (χ1n) is 9.03. The van der Waals surface area contributed by atoms with Gasteiger partial charge >= 0.3 is 0 Å². The summed E-state index contributed by atoms with van der Waals surface area (Å²) in [7, 11) is 0. The molecule has 0 radical (unpaired) electrons. The molecule has 0 saturated carbocycles. The Kier molecular flexibility index (Phi) is 7.51. The number of ether oxygens (including phenoxy) is 1. The van der Waals surface area contributed by atoms with Crippen LogP contribution in [0.25, 0.3) is 0 Å². The van der Waals surface area contributed by atoms with Gasteiger partial charge in [-0.2, -0.15) is 0 Å². The molecule has 0 spiro atoms. The van der Waals surface area contributed by atoms with Gasteiger partial charge in [0.2, 0.25) is 0 Å². The number of nitrogens with one attached hydrogen (secondary N) is 1. The minimum Gasteiger partial charge on any atom is -0.492 e. The van der Waals surface area contributed by atoms with Gasteiger partial charge in [0.1, 0.15) is 5.75 Å². The van der Waals surface area contributed by atoms with Crippen LogP contribution in [-0.4, -0.2) is 25.6 Å². The van der Waals surface area contributed by atoms with Crippen molar-refractivity contribution in [1.29, 1.82) is 0 Å². The van der Waals surface area contributed by atoms with Gasteiger partial charge < -0.3 is 15.0 Å². The summed E-state index contributed by atoms with van der Waals surface area (Å²) in [4.78, 5) is 14.8. The van der Waals surface area contributed by atoms with Crippen LogP contribution in [0.5, 0.6) is 5.75 Å². The Bertz CT molecular complexity index is 725. The van der Waals surface area contributed by atoms with Crippen LogP contribution in [0.4, 0.5) is 11.4 Å². The molecule has 5 heteroatoms. The van der Waals surface area contributed by atoms with E-state index >= 15 is 0 Å². The Morgan fingerprint density at radius 3 is 2.31 bits per heavy atom. The van der Waals surface area contributed by atoms with Gasteiger partial charge in [-0.1, -0.05) is 13.8 Å². The van der Waals surface area contributed by atoms with Crippen molar-refractivity contribution in [1.82, 2.24) is 0 Å². The molecule has 0 fully saturated rings. The van der Waals surface area contributed by atoms with Crippen LogP contribution >= 0.6 is 15.9 Å². The second kappa shape index (κ2) is 9.62. The van der Waals surface area contributed by atoms with Gasteiger partial charge in [-0.05, 0) is 78.2 Å². The lowest BCUT2D eigenvalue weighted by molar-refractivity contribution is 0.102. The van der Waals surface area contributed by atoms with Crippen LogP contribution in [0, 0.1) is 5.92 Å².